The highest BCUT2D eigenvalue weighted by Gasteiger charge is 2.32. The van der Waals surface area contributed by atoms with E-state index in [1.807, 2.05) is 23.1 Å². The molecule has 1 aromatic carbocycles. The number of anilines is 1. The molecule has 132 valence electrons. The minimum Gasteiger partial charge on any atom is -0.467 e. The Bertz CT molecular complexity index is 728. The van der Waals surface area contributed by atoms with Crippen molar-refractivity contribution in [1.82, 2.24) is 4.90 Å². The summed E-state index contributed by atoms with van der Waals surface area (Å²) in [5.41, 5.74) is 2.31. The Labute approximate surface area is 147 Å². The smallest absolute Gasteiger partial charge is 0.241 e. The average molecular weight is 340 g/mol. The fourth-order valence-electron chi connectivity index (χ4n) is 4.08. The van der Waals surface area contributed by atoms with E-state index < -0.39 is 6.10 Å². The summed E-state index contributed by atoms with van der Waals surface area (Å²) in [7, 11) is 0. The molecule has 25 heavy (non-hydrogen) atoms. The monoisotopic (exact) mass is 340 g/mol. The van der Waals surface area contributed by atoms with E-state index in [1.165, 1.54) is 5.56 Å². The molecule has 1 fully saturated rings. The van der Waals surface area contributed by atoms with Gasteiger partial charge in [-0.2, -0.15) is 0 Å². The number of aliphatic hydroxyl groups is 1. The Balaban J connectivity index is 1.39. The molecule has 2 aliphatic rings. The molecule has 1 aromatic heterocycles. The number of aliphatic hydroxyl groups excluding tert-OH is 1. The maximum atomic E-state index is 12.8. The lowest BCUT2D eigenvalue weighted by molar-refractivity contribution is -0.120. The van der Waals surface area contributed by atoms with Crippen LogP contribution in [0.15, 0.2) is 47.1 Å². The molecule has 1 N–H and O–H groups in total. The minimum atomic E-state index is -0.608. The lowest BCUT2D eigenvalue weighted by Gasteiger charge is -2.27. The molecule has 5 heteroatoms. The van der Waals surface area contributed by atoms with Crippen LogP contribution in [0, 0.1) is 0 Å². The molecular formula is C20H24N2O3. The number of nitrogens with zero attached hydrogens (tertiary/aromatic N) is 2. The molecule has 1 amide bonds. The first-order chi connectivity index (χ1) is 12.2. The van der Waals surface area contributed by atoms with Crippen LogP contribution in [0.4, 0.5) is 5.69 Å². The Morgan fingerprint density at radius 1 is 1.24 bits per heavy atom. The molecule has 0 saturated carbocycles. The van der Waals surface area contributed by atoms with Gasteiger partial charge in [-0.25, -0.2) is 0 Å². The van der Waals surface area contributed by atoms with E-state index in [2.05, 4.69) is 11.0 Å². The van der Waals surface area contributed by atoms with Gasteiger partial charge in [-0.1, -0.05) is 18.2 Å². The molecule has 2 atom stereocenters. The van der Waals surface area contributed by atoms with E-state index in [4.69, 9.17) is 4.42 Å². The maximum absolute atomic E-state index is 12.8. The highest BCUT2D eigenvalue weighted by Crippen LogP contribution is 2.30. The van der Waals surface area contributed by atoms with Crippen LogP contribution in [-0.2, 0) is 11.2 Å². The minimum absolute atomic E-state index is 0.157. The normalized spacial score (nSPS) is 21.5. The summed E-state index contributed by atoms with van der Waals surface area (Å²) >= 11 is 0. The molecule has 2 unspecified atom stereocenters. The second-order valence-electron chi connectivity index (χ2n) is 6.96. The number of rotatable bonds is 5. The molecule has 3 heterocycles. The summed E-state index contributed by atoms with van der Waals surface area (Å²) in [6.07, 6.45) is 4.60. The summed E-state index contributed by atoms with van der Waals surface area (Å²) in [4.78, 5) is 17.0. The first-order valence-corrected chi connectivity index (χ1v) is 9.06. The number of carbonyl (C=O) groups is 1. The molecule has 5 nitrogen and oxygen atoms in total. The zero-order chi connectivity index (χ0) is 17.2. The van der Waals surface area contributed by atoms with Gasteiger partial charge in [0.25, 0.3) is 0 Å². The van der Waals surface area contributed by atoms with Crippen molar-refractivity contribution in [2.24, 2.45) is 0 Å². The average Bonchev–Trinajstić information content (AvgIpc) is 3.36. The number of amides is 1. The van der Waals surface area contributed by atoms with E-state index in [1.54, 1.807) is 18.4 Å². The summed E-state index contributed by atoms with van der Waals surface area (Å²) < 4.78 is 5.30. The number of benzene rings is 1. The van der Waals surface area contributed by atoms with Crippen LogP contribution < -0.4 is 4.90 Å². The first kappa shape index (κ1) is 16.4. The van der Waals surface area contributed by atoms with Crippen LogP contribution in [0.25, 0.3) is 0 Å². The topological polar surface area (TPSA) is 56.9 Å². The van der Waals surface area contributed by atoms with Gasteiger partial charge in [-0.15, -0.1) is 0 Å². The van der Waals surface area contributed by atoms with Gasteiger partial charge in [0.2, 0.25) is 5.91 Å². The molecule has 2 aromatic rings. The van der Waals surface area contributed by atoms with E-state index in [-0.39, 0.29) is 11.9 Å². The van der Waals surface area contributed by atoms with Crippen LogP contribution >= 0.6 is 0 Å². The molecular weight excluding hydrogens is 316 g/mol. The first-order valence-electron chi connectivity index (χ1n) is 9.06. The Hall–Kier alpha value is -2.11. The largest absolute Gasteiger partial charge is 0.467 e. The number of hydrogen-bond donors (Lipinski definition) is 1. The van der Waals surface area contributed by atoms with Crippen LogP contribution in [0.2, 0.25) is 0 Å². The quantitative estimate of drug-likeness (QED) is 0.909. The van der Waals surface area contributed by atoms with Gasteiger partial charge in [0, 0.05) is 18.3 Å². The van der Waals surface area contributed by atoms with Crippen molar-refractivity contribution in [3.05, 3.63) is 54.0 Å². The van der Waals surface area contributed by atoms with Crippen molar-refractivity contribution in [2.75, 3.05) is 24.5 Å². The number of fused-ring (bicyclic) bond motifs is 1. The predicted molar refractivity (Wildman–Crippen MR) is 95.4 cm³/mol. The highest BCUT2D eigenvalue weighted by atomic mass is 16.4. The lowest BCUT2D eigenvalue weighted by atomic mass is 10.1. The lowest BCUT2D eigenvalue weighted by Crippen LogP contribution is -2.42. The van der Waals surface area contributed by atoms with Gasteiger partial charge >= 0.3 is 0 Å². The van der Waals surface area contributed by atoms with Crippen LogP contribution in [-0.4, -0.2) is 41.6 Å². The van der Waals surface area contributed by atoms with Gasteiger partial charge in [0.15, 0.2) is 0 Å². The number of para-hydroxylation sites is 1. The summed E-state index contributed by atoms with van der Waals surface area (Å²) in [5, 5.41) is 10.3. The molecule has 0 aliphatic carbocycles. The van der Waals surface area contributed by atoms with Crippen molar-refractivity contribution in [3.63, 3.8) is 0 Å². The number of likely N-dealkylation sites (tertiary alicyclic amines) is 1. The van der Waals surface area contributed by atoms with Crippen molar-refractivity contribution in [2.45, 2.75) is 37.8 Å². The molecule has 0 spiro atoms. The summed E-state index contributed by atoms with van der Waals surface area (Å²) in [6.45, 7) is 2.10. The number of carbonyl (C=O) groups excluding carboxylic acids is 1. The van der Waals surface area contributed by atoms with Crippen molar-refractivity contribution < 1.29 is 14.3 Å². The SMILES string of the molecule is O=C(CN1CCCC1CC(O)c1ccco1)N1CCc2ccccc21. The maximum Gasteiger partial charge on any atom is 0.241 e. The zero-order valence-corrected chi connectivity index (χ0v) is 14.3. The highest BCUT2D eigenvalue weighted by molar-refractivity contribution is 5.96. The van der Waals surface area contributed by atoms with E-state index in [0.717, 1.165) is 38.0 Å². The number of furan rings is 1. The third-order valence-corrected chi connectivity index (χ3v) is 5.39. The summed E-state index contributed by atoms with van der Waals surface area (Å²) in [6, 6.07) is 12.0. The van der Waals surface area contributed by atoms with E-state index >= 15 is 0 Å². The van der Waals surface area contributed by atoms with Gasteiger partial charge in [0.05, 0.1) is 12.8 Å². The zero-order valence-electron chi connectivity index (χ0n) is 14.3. The van der Waals surface area contributed by atoms with Crippen LogP contribution in [0.1, 0.15) is 36.7 Å². The van der Waals surface area contributed by atoms with E-state index in [9.17, 15) is 9.90 Å². The fraction of sp³-hybridized carbons (Fsp3) is 0.450. The van der Waals surface area contributed by atoms with Crippen molar-refractivity contribution in [3.8, 4) is 0 Å². The standard InChI is InChI=1S/C20H24N2O3/c23-18(19-8-4-12-25-19)13-16-6-3-10-21(16)14-20(24)22-11-9-15-5-1-2-7-17(15)22/h1-2,4-5,7-8,12,16,18,23H,3,6,9-11,13-14H2. The molecule has 1 saturated heterocycles. The van der Waals surface area contributed by atoms with Gasteiger partial charge in [-0.3, -0.25) is 9.69 Å². The second-order valence-corrected chi connectivity index (χ2v) is 6.96. The van der Waals surface area contributed by atoms with Crippen LogP contribution in [0.3, 0.4) is 0 Å². The molecule has 4 rings (SSSR count). The van der Waals surface area contributed by atoms with E-state index in [0.29, 0.717) is 18.7 Å². The molecule has 0 bridgehead atoms. The fourth-order valence-corrected chi connectivity index (χ4v) is 4.08. The Morgan fingerprint density at radius 3 is 2.96 bits per heavy atom. The summed E-state index contributed by atoms with van der Waals surface area (Å²) in [5.74, 6) is 0.760. The Morgan fingerprint density at radius 2 is 2.12 bits per heavy atom. The van der Waals surface area contributed by atoms with Gasteiger partial charge < -0.3 is 14.4 Å². The molecule has 2 aliphatic heterocycles. The van der Waals surface area contributed by atoms with Gasteiger partial charge in [-0.05, 0) is 56.0 Å². The van der Waals surface area contributed by atoms with Crippen molar-refractivity contribution >= 4 is 11.6 Å². The predicted octanol–water partition coefficient (Wildman–Crippen LogP) is 2.76. The third kappa shape index (κ3) is 3.34. The number of hydrogen-bond acceptors (Lipinski definition) is 4. The van der Waals surface area contributed by atoms with Crippen LogP contribution in [0.5, 0.6) is 0 Å². The Kier molecular flexibility index (Phi) is 4.59. The second kappa shape index (κ2) is 7.02. The molecule has 0 radical (unpaired) electrons. The third-order valence-electron chi connectivity index (χ3n) is 5.39. The van der Waals surface area contributed by atoms with Crippen molar-refractivity contribution in [1.29, 1.82) is 0 Å². The van der Waals surface area contributed by atoms with Gasteiger partial charge in [0.1, 0.15) is 11.9 Å².